The van der Waals surface area contributed by atoms with E-state index in [-0.39, 0.29) is 12.1 Å². The lowest BCUT2D eigenvalue weighted by atomic mass is 10.2. The number of imidazole rings is 1. The van der Waals surface area contributed by atoms with Crippen LogP contribution in [0.1, 0.15) is 32.8 Å². The monoisotopic (exact) mass is 399 g/mol. The first kappa shape index (κ1) is 20.6. The predicted molar refractivity (Wildman–Crippen MR) is 111 cm³/mol. The highest BCUT2D eigenvalue weighted by atomic mass is 16.6. The molecule has 0 spiro atoms. The van der Waals surface area contributed by atoms with Gasteiger partial charge < -0.3 is 20.3 Å². The van der Waals surface area contributed by atoms with E-state index in [0.29, 0.717) is 13.1 Å². The Labute approximate surface area is 171 Å². The number of nitrogens with one attached hydrogen (secondary N) is 2. The summed E-state index contributed by atoms with van der Waals surface area (Å²) >= 11 is 0. The lowest BCUT2D eigenvalue weighted by Gasteiger charge is -2.23. The van der Waals surface area contributed by atoms with Crippen LogP contribution in [-0.4, -0.2) is 63.3 Å². The Hall–Kier alpha value is -3.10. The van der Waals surface area contributed by atoms with Gasteiger partial charge in [0.1, 0.15) is 17.7 Å². The molecule has 9 nitrogen and oxygen atoms in total. The number of aliphatic imine (C=N–C) groups is 1. The molecule has 0 aliphatic carbocycles. The number of carbonyl (C=O) groups is 1. The minimum atomic E-state index is -0.499. The Morgan fingerprint density at radius 2 is 2.21 bits per heavy atom. The van der Waals surface area contributed by atoms with Crippen LogP contribution >= 0.6 is 0 Å². The van der Waals surface area contributed by atoms with Crippen LogP contribution in [0.25, 0.3) is 5.82 Å². The van der Waals surface area contributed by atoms with Crippen LogP contribution < -0.4 is 10.6 Å². The summed E-state index contributed by atoms with van der Waals surface area (Å²) in [6.45, 7) is 7.70. The van der Waals surface area contributed by atoms with Crippen LogP contribution in [0.2, 0.25) is 0 Å². The van der Waals surface area contributed by atoms with E-state index in [0.717, 1.165) is 30.3 Å². The van der Waals surface area contributed by atoms with Crippen molar-refractivity contribution in [2.45, 2.75) is 45.4 Å². The van der Waals surface area contributed by atoms with Gasteiger partial charge in [-0.2, -0.15) is 0 Å². The molecule has 3 rings (SSSR count). The molecular weight excluding hydrogens is 370 g/mol. The van der Waals surface area contributed by atoms with E-state index in [2.05, 4.69) is 30.5 Å². The lowest BCUT2D eigenvalue weighted by molar-refractivity contribution is 0.0507. The van der Waals surface area contributed by atoms with E-state index in [1.165, 1.54) is 0 Å². The van der Waals surface area contributed by atoms with E-state index in [1.54, 1.807) is 19.6 Å². The van der Waals surface area contributed by atoms with Crippen LogP contribution in [0, 0.1) is 0 Å². The van der Waals surface area contributed by atoms with Crippen molar-refractivity contribution in [2.75, 3.05) is 20.1 Å². The highest BCUT2D eigenvalue weighted by Gasteiger charge is 2.27. The van der Waals surface area contributed by atoms with Gasteiger partial charge in [-0.15, -0.1) is 0 Å². The summed E-state index contributed by atoms with van der Waals surface area (Å²) in [5.74, 6) is 1.63. The topological polar surface area (TPSA) is 96.7 Å². The molecule has 0 aromatic carbocycles. The SMILES string of the molecule is CN=C(NCc1ccc(-n2ccnc2)nc1)N1CC[C@@H](NC(=O)OC(C)(C)C)C1. The van der Waals surface area contributed by atoms with Crippen LogP contribution in [0.5, 0.6) is 0 Å². The molecule has 1 fully saturated rings. The molecule has 1 amide bonds. The van der Waals surface area contributed by atoms with Crippen molar-refractivity contribution in [1.82, 2.24) is 30.1 Å². The molecule has 0 unspecified atom stereocenters. The van der Waals surface area contributed by atoms with Gasteiger partial charge in [-0.25, -0.2) is 14.8 Å². The third-order valence-corrected chi connectivity index (χ3v) is 4.45. The number of amides is 1. The molecule has 1 atom stereocenters. The average molecular weight is 399 g/mol. The molecule has 2 aromatic rings. The van der Waals surface area contributed by atoms with Crippen LogP contribution in [0.15, 0.2) is 42.0 Å². The molecule has 2 aromatic heterocycles. The Kier molecular flexibility index (Phi) is 6.36. The maximum absolute atomic E-state index is 12.0. The molecule has 0 saturated carbocycles. The zero-order valence-electron chi connectivity index (χ0n) is 17.4. The van der Waals surface area contributed by atoms with E-state index >= 15 is 0 Å². The van der Waals surface area contributed by atoms with Gasteiger partial charge >= 0.3 is 6.09 Å². The summed E-state index contributed by atoms with van der Waals surface area (Å²) in [5, 5.41) is 6.30. The second kappa shape index (κ2) is 8.93. The number of nitrogens with zero attached hydrogens (tertiary/aromatic N) is 5. The van der Waals surface area contributed by atoms with Crippen molar-refractivity contribution in [3.8, 4) is 5.82 Å². The number of likely N-dealkylation sites (tertiary alicyclic amines) is 1. The Balaban J connectivity index is 1.49. The molecular formula is C20H29N7O2. The van der Waals surface area contributed by atoms with Gasteiger partial charge in [-0.3, -0.25) is 9.56 Å². The number of hydrogen-bond acceptors (Lipinski definition) is 5. The molecule has 156 valence electrons. The zero-order chi connectivity index (χ0) is 20.9. The first-order valence-electron chi connectivity index (χ1n) is 9.72. The minimum absolute atomic E-state index is 0.0412. The summed E-state index contributed by atoms with van der Waals surface area (Å²) in [6, 6.07) is 4.02. The summed E-state index contributed by atoms with van der Waals surface area (Å²) in [6.07, 6.45) is 7.61. The fourth-order valence-corrected chi connectivity index (χ4v) is 3.13. The number of alkyl carbamates (subject to hydrolysis) is 1. The fraction of sp³-hybridized carbons (Fsp3) is 0.500. The Bertz CT molecular complexity index is 826. The highest BCUT2D eigenvalue weighted by molar-refractivity contribution is 5.80. The Morgan fingerprint density at radius 3 is 2.83 bits per heavy atom. The highest BCUT2D eigenvalue weighted by Crippen LogP contribution is 2.12. The lowest BCUT2D eigenvalue weighted by Crippen LogP contribution is -2.44. The van der Waals surface area contributed by atoms with Gasteiger partial charge in [0.05, 0.1) is 6.04 Å². The standard InChI is InChI=1S/C20H29N7O2/c1-20(2,3)29-19(28)25-16-7-9-26(13-16)18(21-4)24-12-15-5-6-17(23-11-15)27-10-8-22-14-27/h5-6,8,10-11,14,16H,7,9,12-13H2,1-4H3,(H,21,24)(H,25,28)/t16-/m1/s1. The van der Waals surface area contributed by atoms with Crippen molar-refractivity contribution in [1.29, 1.82) is 0 Å². The number of hydrogen-bond donors (Lipinski definition) is 2. The molecule has 3 heterocycles. The summed E-state index contributed by atoms with van der Waals surface area (Å²) in [4.78, 5) is 27.0. The van der Waals surface area contributed by atoms with Crippen molar-refractivity contribution in [3.63, 3.8) is 0 Å². The number of pyridine rings is 1. The summed E-state index contributed by atoms with van der Waals surface area (Å²) in [7, 11) is 1.76. The van der Waals surface area contributed by atoms with Gasteiger partial charge in [-0.05, 0) is 38.8 Å². The second-order valence-corrected chi connectivity index (χ2v) is 7.97. The molecule has 1 saturated heterocycles. The van der Waals surface area contributed by atoms with Gasteiger partial charge in [-0.1, -0.05) is 6.07 Å². The van der Waals surface area contributed by atoms with Crippen molar-refractivity contribution >= 4 is 12.1 Å². The molecule has 0 bridgehead atoms. The molecule has 1 aliphatic rings. The van der Waals surface area contributed by atoms with Gasteiger partial charge in [0.2, 0.25) is 0 Å². The molecule has 1 aliphatic heterocycles. The van der Waals surface area contributed by atoms with Crippen molar-refractivity contribution < 1.29 is 9.53 Å². The van der Waals surface area contributed by atoms with E-state index < -0.39 is 5.60 Å². The normalized spacial score (nSPS) is 17.3. The number of rotatable bonds is 4. The van der Waals surface area contributed by atoms with Crippen LogP contribution in [-0.2, 0) is 11.3 Å². The van der Waals surface area contributed by atoms with E-state index in [1.807, 2.05) is 49.9 Å². The summed E-state index contributed by atoms with van der Waals surface area (Å²) < 4.78 is 7.20. The Morgan fingerprint density at radius 1 is 1.38 bits per heavy atom. The first-order valence-corrected chi connectivity index (χ1v) is 9.72. The third-order valence-electron chi connectivity index (χ3n) is 4.45. The second-order valence-electron chi connectivity index (χ2n) is 7.97. The predicted octanol–water partition coefficient (Wildman–Crippen LogP) is 1.94. The van der Waals surface area contributed by atoms with E-state index in [9.17, 15) is 4.79 Å². The van der Waals surface area contributed by atoms with Crippen molar-refractivity contribution in [2.24, 2.45) is 4.99 Å². The number of ether oxygens (including phenoxy) is 1. The van der Waals surface area contributed by atoms with Gasteiger partial charge in [0.15, 0.2) is 5.96 Å². The van der Waals surface area contributed by atoms with Crippen LogP contribution in [0.3, 0.4) is 0 Å². The quantitative estimate of drug-likeness (QED) is 0.602. The maximum Gasteiger partial charge on any atom is 0.407 e. The van der Waals surface area contributed by atoms with E-state index in [4.69, 9.17) is 4.74 Å². The zero-order valence-corrected chi connectivity index (χ0v) is 17.4. The number of carbonyl (C=O) groups excluding carboxylic acids is 1. The van der Waals surface area contributed by atoms with Crippen molar-refractivity contribution in [3.05, 3.63) is 42.6 Å². The number of guanidine groups is 1. The third kappa shape index (κ3) is 5.94. The van der Waals surface area contributed by atoms with Gasteiger partial charge in [0.25, 0.3) is 0 Å². The molecule has 9 heteroatoms. The average Bonchev–Trinajstić information content (AvgIpc) is 3.33. The van der Waals surface area contributed by atoms with Gasteiger partial charge in [0, 0.05) is 45.3 Å². The fourth-order valence-electron chi connectivity index (χ4n) is 3.13. The molecule has 0 radical (unpaired) electrons. The summed E-state index contributed by atoms with van der Waals surface area (Å²) in [5.41, 5.74) is 0.555. The maximum atomic E-state index is 12.0. The van der Waals surface area contributed by atoms with Crippen LogP contribution in [0.4, 0.5) is 4.79 Å². The largest absolute Gasteiger partial charge is 0.444 e. The molecule has 2 N–H and O–H groups in total. The molecule has 29 heavy (non-hydrogen) atoms. The minimum Gasteiger partial charge on any atom is -0.444 e. The smallest absolute Gasteiger partial charge is 0.407 e. The number of aromatic nitrogens is 3. The first-order chi connectivity index (χ1) is 13.8.